The molecule has 0 spiro atoms. The lowest BCUT2D eigenvalue weighted by atomic mass is 9.74. The third-order valence-electron chi connectivity index (χ3n) is 5.55. The predicted octanol–water partition coefficient (Wildman–Crippen LogP) is 2.65. The molecule has 0 unspecified atom stereocenters. The smallest absolute Gasteiger partial charge is 0.220 e. The molecular formula is C22H25FN2O3. The summed E-state index contributed by atoms with van der Waals surface area (Å²) in [4.78, 5) is 27.0. The molecule has 0 saturated carbocycles. The van der Waals surface area contributed by atoms with Gasteiger partial charge in [0, 0.05) is 33.4 Å². The number of likely N-dealkylation sites (tertiary alicyclic amines) is 1. The maximum atomic E-state index is 13.5. The van der Waals surface area contributed by atoms with Crippen molar-refractivity contribution in [2.45, 2.75) is 31.8 Å². The molecule has 148 valence electrons. The maximum Gasteiger partial charge on any atom is 0.220 e. The van der Waals surface area contributed by atoms with E-state index in [1.54, 1.807) is 22.9 Å². The maximum absolute atomic E-state index is 13.5. The summed E-state index contributed by atoms with van der Waals surface area (Å²) in [6.07, 6.45) is 0. The van der Waals surface area contributed by atoms with E-state index in [1.165, 1.54) is 26.0 Å². The van der Waals surface area contributed by atoms with E-state index in [9.17, 15) is 19.1 Å². The fourth-order valence-electron chi connectivity index (χ4n) is 4.04. The number of carbonyl (C=O) groups excluding carboxylic acids is 2. The van der Waals surface area contributed by atoms with Crippen LogP contribution in [-0.4, -0.2) is 59.0 Å². The average molecular weight is 384 g/mol. The first-order valence-corrected chi connectivity index (χ1v) is 9.31. The molecule has 28 heavy (non-hydrogen) atoms. The Bertz CT molecular complexity index is 868. The summed E-state index contributed by atoms with van der Waals surface area (Å²) >= 11 is 0. The quantitative estimate of drug-likeness (QED) is 0.862. The molecule has 2 aromatic rings. The molecule has 1 fully saturated rings. The van der Waals surface area contributed by atoms with Gasteiger partial charge in [0.15, 0.2) is 0 Å². The van der Waals surface area contributed by atoms with Crippen molar-refractivity contribution in [3.8, 4) is 11.1 Å². The van der Waals surface area contributed by atoms with Crippen LogP contribution in [0.25, 0.3) is 11.1 Å². The first kappa shape index (κ1) is 20.0. The van der Waals surface area contributed by atoms with Gasteiger partial charge in [-0.1, -0.05) is 36.4 Å². The Morgan fingerprint density at radius 3 is 2.29 bits per heavy atom. The van der Waals surface area contributed by atoms with E-state index in [0.717, 1.165) is 16.7 Å². The van der Waals surface area contributed by atoms with Crippen LogP contribution in [0.15, 0.2) is 48.5 Å². The summed E-state index contributed by atoms with van der Waals surface area (Å²) in [5, 5.41) is 9.85. The Morgan fingerprint density at radius 2 is 1.75 bits per heavy atom. The van der Waals surface area contributed by atoms with Crippen molar-refractivity contribution < 1.29 is 19.1 Å². The second-order valence-electron chi connectivity index (χ2n) is 7.30. The van der Waals surface area contributed by atoms with Crippen LogP contribution in [-0.2, 0) is 9.59 Å². The van der Waals surface area contributed by atoms with Gasteiger partial charge in [-0.15, -0.1) is 0 Å². The lowest BCUT2D eigenvalue weighted by molar-refractivity contribution is -0.151. The fourth-order valence-corrected chi connectivity index (χ4v) is 4.04. The molecule has 3 rings (SSSR count). The van der Waals surface area contributed by atoms with Gasteiger partial charge < -0.3 is 14.9 Å². The van der Waals surface area contributed by atoms with Crippen molar-refractivity contribution in [2.75, 3.05) is 20.2 Å². The number of benzene rings is 2. The number of nitrogens with zero attached hydrogens (tertiary/aromatic N) is 2. The topological polar surface area (TPSA) is 60.9 Å². The van der Waals surface area contributed by atoms with Crippen LogP contribution in [0.2, 0.25) is 0 Å². The van der Waals surface area contributed by atoms with Gasteiger partial charge in [-0.05, 0) is 28.8 Å². The van der Waals surface area contributed by atoms with Crippen LogP contribution in [0.3, 0.4) is 0 Å². The minimum Gasteiger partial charge on any atom is -0.394 e. The second-order valence-corrected chi connectivity index (χ2v) is 7.30. The monoisotopic (exact) mass is 384 g/mol. The van der Waals surface area contributed by atoms with Crippen LogP contribution < -0.4 is 0 Å². The van der Waals surface area contributed by atoms with E-state index in [1.807, 2.05) is 30.3 Å². The summed E-state index contributed by atoms with van der Waals surface area (Å²) in [6, 6.07) is 13.6. The van der Waals surface area contributed by atoms with Crippen molar-refractivity contribution in [1.82, 2.24) is 9.80 Å². The third-order valence-corrected chi connectivity index (χ3v) is 5.55. The molecule has 0 bridgehead atoms. The molecule has 1 N–H and O–H groups in total. The lowest BCUT2D eigenvalue weighted by Crippen LogP contribution is -2.68. The van der Waals surface area contributed by atoms with Crippen LogP contribution in [0.5, 0.6) is 0 Å². The Labute approximate surface area is 164 Å². The number of aliphatic hydroxyl groups excluding tert-OH is 1. The number of halogens is 1. The molecule has 0 aliphatic carbocycles. The van der Waals surface area contributed by atoms with Gasteiger partial charge >= 0.3 is 0 Å². The summed E-state index contributed by atoms with van der Waals surface area (Å²) in [5.41, 5.74) is 2.67. The summed E-state index contributed by atoms with van der Waals surface area (Å²) in [7, 11) is 1.71. The first-order valence-electron chi connectivity index (χ1n) is 9.31. The van der Waals surface area contributed by atoms with E-state index in [4.69, 9.17) is 0 Å². The zero-order valence-corrected chi connectivity index (χ0v) is 16.3. The van der Waals surface area contributed by atoms with Gasteiger partial charge in [0.25, 0.3) is 0 Å². The molecule has 0 aromatic heterocycles. The van der Waals surface area contributed by atoms with Crippen LogP contribution in [0.1, 0.15) is 25.3 Å². The SMILES string of the molecule is CC(=O)N(C)C[C@H]1[C@@H](c2ccc(-c3cccc(F)c3)cc2)[C@@H](CO)N1C(C)=O. The molecule has 1 heterocycles. The Hall–Kier alpha value is -2.73. The van der Waals surface area contributed by atoms with Crippen molar-refractivity contribution in [1.29, 1.82) is 0 Å². The molecule has 0 radical (unpaired) electrons. The largest absolute Gasteiger partial charge is 0.394 e. The molecule has 2 amide bonds. The van der Waals surface area contributed by atoms with Crippen LogP contribution >= 0.6 is 0 Å². The van der Waals surface area contributed by atoms with Gasteiger partial charge in [0.05, 0.1) is 18.7 Å². The van der Waals surface area contributed by atoms with Gasteiger partial charge in [0.1, 0.15) is 5.82 Å². The Kier molecular flexibility index (Phi) is 5.79. The lowest BCUT2D eigenvalue weighted by Gasteiger charge is -2.55. The zero-order valence-electron chi connectivity index (χ0n) is 16.3. The predicted molar refractivity (Wildman–Crippen MR) is 105 cm³/mol. The highest BCUT2D eigenvalue weighted by Gasteiger charge is 2.50. The average Bonchev–Trinajstić information content (AvgIpc) is 2.64. The van der Waals surface area contributed by atoms with Crippen molar-refractivity contribution in [3.05, 3.63) is 59.9 Å². The summed E-state index contributed by atoms with van der Waals surface area (Å²) in [5.74, 6) is -0.549. The standard InChI is InChI=1S/C22H25FN2O3/c1-14(27)24(3)12-20-22(21(13-26)25(20)15(2)28)17-9-7-16(8-10-17)18-5-4-6-19(23)11-18/h4-11,20-22,26H,12-13H2,1-3H3/t20-,21+,22+/m0/s1. The number of hydrogen-bond donors (Lipinski definition) is 1. The van der Waals surface area contributed by atoms with E-state index in [0.29, 0.717) is 6.54 Å². The number of rotatable bonds is 5. The molecule has 3 atom stereocenters. The molecule has 2 aromatic carbocycles. The van der Waals surface area contributed by atoms with Crippen LogP contribution in [0.4, 0.5) is 4.39 Å². The molecular weight excluding hydrogens is 359 g/mol. The number of amides is 2. The zero-order chi connectivity index (χ0) is 20.4. The van der Waals surface area contributed by atoms with Crippen LogP contribution in [0, 0.1) is 5.82 Å². The minimum absolute atomic E-state index is 0.0720. The highest BCUT2D eigenvalue weighted by molar-refractivity contribution is 5.77. The normalized spacial score (nSPS) is 21.2. The summed E-state index contributed by atoms with van der Waals surface area (Å²) in [6.45, 7) is 3.23. The molecule has 5 nitrogen and oxygen atoms in total. The molecule has 1 saturated heterocycles. The Morgan fingerprint density at radius 1 is 1.07 bits per heavy atom. The first-order chi connectivity index (χ1) is 13.3. The van der Waals surface area contributed by atoms with Gasteiger partial charge in [-0.3, -0.25) is 9.59 Å². The fraction of sp³-hybridized carbons (Fsp3) is 0.364. The van der Waals surface area contributed by atoms with E-state index < -0.39 is 0 Å². The number of carbonyl (C=O) groups is 2. The van der Waals surface area contributed by atoms with Gasteiger partial charge in [-0.2, -0.15) is 0 Å². The van der Waals surface area contributed by atoms with E-state index in [2.05, 4.69) is 0 Å². The van der Waals surface area contributed by atoms with E-state index >= 15 is 0 Å². The minimum atomic E-state index is -0.317. The molecule has 1 aliphatic rings. The van der Waals surface area contributed by atoms with Crippen molar-refractivity contribution in [3.63, 3.8) is 0 Å². The summed E-state index contributed by atoms with van der Waals surface area (Å²) < 4.78 is 13.5. The van der Waals surface area contributed by atoms with E-state index in [-0.39, 0.29) is 42.2 Å². The van der Waals surface area contributed by atoms with Crippen molar-refractivity contribution in [2.24, 2.45) is 0 Å². The second kappa shape index (κ2) is 8.10. The molecule has 1 aliphatic heterocycles. The van der Waals surface area contributed by atoms with Crippen molar-refractivity contribution >= 4 is 11.8 Å². The number of aliphatic hydroxyl groups is 1. The number of likely N-dealkylation sites (N-methyl/N-ethyl adjacent to an activating group) is 1. The van der Waals surface area contributed by atoms with Gasteiger partial charge in [-0.25, -0.2) is 4.39 Å². The highest BCUT2D eigenvalue weighted by atomic mass is 19.1. The molecule has 6 heteroatoms. The number of hydrogen-bond acceptors (Lipinski definition) is 3. The Balaban J connectivity index is 1.88. The van der Waals surface area contributed by atoms with Gasteiger partial charge in [0.2, 0.25) is 11.8 Å². The third kappa shape index (κ3) is 3.78. The highest BCUT2D eigenvalue weighted by Crippen LogP contribution is 2.41.